The standard InChI is InChI=1S/C18H28N4OS.3C2HF3O2/c1-19-4-6-22(7-5-19)18(23)16-9-15-11-21(12-17(15)20(16)2)10-14-3-8-24-13-14;3*3-2(4,5)1(6)7/h3,8,13,15-17H,4-7,9-12H2,1-2H3;3*(H,6,7)/t15-,16-,17+;;;/m0.../s1. The first-order valence-electron chi connectivity index (χ1n) is 12.8. The van der Waals surface area contributed by atoms with Crippen molar-refractivity contribution in [3.05, 3.63) is 22.4 Å². The number of likely N-dealkylation sites (N-methyl/N-ethyl adjacent to an activating group) is 2. The van der Waals surface area contributed by atoms with Gasteiger partial charge >= 0.3 is 36.4 Å². The average Bonchev–Trinajstić information content (AvgIpc) is 3.62. The minimum Gasteiger partial charge on any atom is -0.475 e. The maximum Gasteiger partial charge on any atom is 0.490 e. The van der Waals surface area contributed by atoms with Crippen LogP contribution in [0.1, 0.15) is 12.0 Å². The van der Waals surface area contributed by atoms with E-state index in [-0.39, 0.29) is 6.04 Å². The normalized spacial score (nSPS) is 22.6. The average molecular weight is 691 g/mol. The van der Waals surface area contributed by atoms with Crippen LogP contribution in [-0.2, 0) is 25.7 Å². The number of thiophene rings is 1. The number of aliphatic carboxylic acids is 3. The number of piperazine rings is 1. The van der Waals surface area contributed by atoms with E-state index in [9.17, 15) is 44.3 Å². The van der Waals surface area contributed by atoms with Gasteiger partial charge in [0.1, 0.15) is 0 Å². The Morgan fingerprint density at radius 3 is 1.60 bits per heavy atom. The van der Waals surface area contributed by atoms with Gasteiger partial charge in [0.2, 0.25) is 5.91 Å². The van der Waals surface area contributed by atoms with E-state index in [1.54, 1.807) is 11.3 Å². The molecule has 1 amide bonds. The van der Waals surface area contributed by atoms with E-state index in [2.05, 4.69) is 50.5 Å². The summed E-state index contributed by atoms with van der Waals surface area (Å²) in [5, 5.41) is 25.8. The number of hydrogen-bond acceptors (Lipinski definition) is 8. The van der Waals surface area contributed by atoms with Crippen molar-refractivity contribution in [1.82, 2.24) is 19.6 Å². The van der Waals surface area contributed by atoms with Crippen molar-refractivity contribution in [3.8, 4) is 0 Å². The zero-order valence-electron chi connectivity index (χ0n) is 23.7. The quantitative estimate of drug-likeness (QED) is 0.406. The van der Waals surface area contributed by atoms with Gasteiger partial charge in [0.25, 0.3) is 0 Å². The third-order valence-corrected chi connectivity index (χ3v) is 7.57. The van der Waals surface area contributed by atoms with Crippen molar-refractivity contribution >= 4 is 35.2 Å². The summed E-state index contributed by atoms with van der Waals surface area (Å²) >= 11 is 1.77. The highest BCUT2D eigenvalue weighted by atomic mass is 32.1. The number of carboxylic acid groups (broad SMARTS) is 3. The zero-order chi connectivity index (χ0) is 34.9. The molecule has 1 aromatic rings. The monoisotopic (exact) mass is 690 g/mol. The molecule has 258 valence electrons. The predicted octanol–water partition coefficient (Wildman–Crippen LogP) is 2.93. The Morgan fingerprint density at radius 1 is 0.800 bits per heavy atom. The molecule has 45 heavy (non-hydrogen) atoms. The number of carbonyl (C=O) groups is 4. The molecule has 0 radical (unpaired) electrons. The van der Waals surface area contributed by atoms with Crippen LogP contribution in [0.25, 0.3) is 0 Å². The fraction of sp³-hybridized carbons (Fsp3) is 0.667. The molecule has 11 nitrogen and oxygen atoms in total. The highest BCUT2D eigenvalue weighted by molar-refractivity contribution is 7.07. The van der Waals surface area contributed by atoms with Crippen LogP contribution in [0.2, 0.25) is 0 Å². The number of nitrogens with zero attached hydrogens (tertiary/aromatic N) is 4. The van der Waals surface area contributed by atoms with Gasteiger partial charge in [-0.05, 0) is 48.8 Å². The van der Waals surface area contributed by atoms with Crippen molar-refractivity contribution in [2.75, 3.05) is 53.4 Å². The van der Waals surface area contributed by atoms with Gasteiger partial charge in [0.15, 0.2) is 0 Å². The number of carboxylic acids is 3. The van der Waals surface area contributed by atoms with Crippen LogP contribution in [-0.4, -0.2) is 143 Å². The smallest absolute Gasteiger partial charge is 0.475 e. The highest BCUT2D eigenvalue weighted by Crippen LogP contribution is 2.36. The molecule has 0 bridgehead atoms. The fourth-order valence-electron chi connectivity index (χ4n) is 4.60. The number of carbonyl (C=O) groups excluding carboxylic acids is 1. The Labute approximate surface area is 254 Å². The Morgan fingerprint density at radius 2 is 1.24 bits per heavy atom. The van der Waals surface area contributed by atoms with Crippen LogP contribution in [0.3, 0.4) is 0 Å². The van der Waals surface area contributed by atoms with E-state index in [0.717, 1.165) is 52.2 Å². The summed E-state index contributed by atoms with van der Waals surface area (Å²) < 4.78 is 95.2. The Hall–Kier alpha value is -3.17. The first kappa shape index (κ1) is 39.9. The lowest BCUT2D eigenvalue weighted by molar-refractivity contribution is -0.193. The van der Waals surface area contributed by atoms with Gasteiger partial charge in [0.05, 0.1) is 6.04 Å². The fourth-order valence-corrected chi connectivity index (χ4v) is 5.26. The van der Waals surface area contributed by atoms with Crippen molar-refractivity contribution in [2.24, 2.45) is 5.92 Å². The van der Waals surface area contributed by atoms with Gasteiger partial charge < -0.3 is 25.1 Å². The third-order valence-electron chi connectivity index (χ3n) is 6.84. The molecule has 3 aliphatic heterocycles. The summed E-state index contributed by atoms with van der Waals surface area (Å²) in [6.07, 6.45) is -14.2. The molecular weight excluding hydrogens is 659 g/mol. The van der Waals surface area contributed by atoms with Gasteiger partial charge in [-0.15, -0.1) is 0 Å². The molecule has 3 atom stereocenters. The van der Waals surface area contributed by atoms with Crippen LogP contribution in [0.5, 0.6) is 0 Å². The van der Waals surface area contributed by atoms with Gasteiger partial charge in [-0.2, -0.15) is 50.9 Å². The lowest BCUT2D eigenvalue weighted by atomic mass is 10.0. The topological polar surface area (TPSA) is 142 Å². The highest BCUT2D eigenvalue weighted by Gasteiger charge is 2.48. The molecule has 0 aliphatic carbocycles. The maximum atomic E-state index is 12.9. The molecule has 3 N–H and O–H groups in total. The van der Waals surface area contributed by atoms with Gasteiger partial charge in [-0.1, -0.05) is 0 Å². The number of amides is 1. The van der Waals surface area contributed by atoms with E-state index in [1.807, 2.05) is 0 Å². The molecule has 21 heteroatoms. The summed E-state index contributed by atoms with van der Waals surface area (Å²) in [7, 11) is 4.30. The molecule has 3 fully saturated rings. The second kappa shape index (κ2) is 16.4. The minimum atomic E-state index is -5.08. The Balaban J connectivity index is 0.000000396. The van der Waals surface area contributed by atoms with E-state index in [1.165, 1.54) is 5.56 Å². The SMILES string of the molecule is CN1CCN(C(=O)[C@@H]2C[C@H]3CN(Cc4ccsc4)C[C@H]3N2C)CC1.O=C(O)C(F)(F)F.O=C(O)C(F)(F)F.O=C(O)C(F)(F)F. The summed E-state index contributed by atoms with van der Waals surface area (Å²) in [6, 6.07) is 2.87. The van der Waals surface area contributed by atoms with Crippen LogP contribution in [0.4, 0.5) is 39.5 Å². The molecule has 3 saturated heterocycles. The number of alkyl halides is 9. The van der Waals surface area contributed by atoms with Crippen LogP contribution < -0.4 is 0 Å². The molecular formula is C24H31F9N4O7S. The van der Waals surface area contributed by atoms with E-state index >= 15 is 0 Å². The molecule has 1 aromatic heterocycles. The molecule has 3 aliphatic rings. The molecule has 4 heterocycles. The minimum absolute atomic E-state index is 0.103. The number of halogens is 9. The molecule has 0 saturated carbocycles. The molecule has 4 rings (SSSR count). The molecule has 0 spiro atoms. The predicted molar refractivity (Wildman–Crippen MR) is 138 cm³/mol. The van der Waals surface area contributed by atoms with Crippen molar-refractivity contribution in [2.45, 2.75) is 43.6 Å². The van der Waals surface area contributed by atoms with E-state index < -0.39 is 36.4 Å². The Kier molecular flexibility index (Phi) is 14.5. The van der Waals surface area contributed by atoms with Crippen LogP contribution in [0, 0.1) is 5.92 Å². The van der Waals surface area contributed by atoms with Crippen molar-refractivity contribution in [3.63, 3.8) is 0 Å². The first-order chi connectivity index (χ1) is 20.4. The number of hydrogen-bond donors (Lipinski definition) is 3. The molecule has 0 unspecified atom stereocenters. The second-order valence-electron chi connectivity index (χ2n) is 10.1. The summed E-state index contributed by atoms with van der Waals surface area (Å²) in [5.74, 6) is -7.26. The summed E-state index contributed by atoms with van der Waals surface area (Å²) in [6.45, 7) is 7.08. The third kappa shape index (κ3) is 13.4. The van der Waals surface area contributed by atoms with Crippen molar-refractivity contribution in [1.29, 1.82) is 0 Å². The van der Waals surface area contributed by atoms with Crippen LogP contribution >= 0.6 is 11.3 Å². The van der Waals surface area contributed by atoms with Crippen molar-refractivity contribution < 1.29 is 74.0 Å². The number of rotatable bonds is 3. The van der Waals surface area contributed by atoms with Gasteiger partial charge in [0, 0.05) is 51.9 Å². The zero-order valence-corrected chi connectivity index (χ0v) is 24.5. The van der Waals surface area contributed by atoms with Gasteiger partial charge in [-0.25, -0.2) is 14.4 Å². The lowest BCUT2D eigenvalue weighted by Gasteiger charge is -2.36. The van der Waals surface area contributed by atoms with Crippen LogP contribution in [0.15, 0.2) is 16.8 Å². The van der Waals surface area contributed by atoms with Gasteiger partial charge in [-0.3, -0.25) is 14.6 Å². The largest absolute Gasteiger partial charge is 0.490 e. The summed E-state index contributed by atoms with van der Waals surface area (Å²) in [5.41, 5.74) is 1.42. The number of likely N-dealkylation sites (tertiary alicyclic amines) is 2. The van der Waals surface area contributed by atoms with E-state index in [4.69, 9.17) is 29.7 Å². The first-order valence-corrected chi connectivity index (χ1v) is 13.7. The number of fused-ring (bicyclic) bond motifs is 1. The van der Waals surface area contributed by atoms with E-state index in [0.29, 0.717) is 17.9 Å². The lowest BCUT2D eigenvalue weighted by Crippen LogP contribution is -2.53. The second-order valence-corrected chi connectivity index (χ2v) is 10.9. The maximum absolute atomic E-state index is 12.9. The molecule has 0 aromatic carbocycles. The Bertz CT molecular complexity index is 1070. The summed E-state index contributed by atoms with van der Waals surface area (Å²) in [4.78, 5) is 49.0.